The van der Waals surface area contributed by atoms with E-state index in [-0.39, 0.29) is 30.4 Å². The number of anilines is 1. The van der Waals surface area contributed by atoms with E-state index in [0.29, 0.717) is 36.1 Å². The smallest absolute Gasteiger partial charge is 0.410 e. The first-order valence-corrected chi connectivity index (χ1v) is 9.37. The molecule has 1 N–H and O–H groups in total. The lowest BCUT2D eigenvalue weighted by atomic mass is 9.89. The van der Waals surface area contributed by atoms with E-state index in [1.165, 1.54) is 10.8 Å². The van der Waals surface area contributed by atoms with Crippen molar-refractivity contribution in [3.05, 3.63) is 29.4 Å². The van der Waals surface area contributed by atoms with Gasteiger partial charge in [-0.1, -0.05) is 11.6 Å². The van der Waals surface area contributed by atoms with Gasteiger partial charge < -0.3 is 15.0 Å². The van der Waals surface area contributed by atoms with Crippen LogP contribution >= 0.6 is 11.6 Å². The first-order chi connectivity index (χ1) is 13.0. The number of alkyl halides is 1. The van der Waals surface area contributed by atoms with Crippen molar-refractivity contribution in [1.29, 1.82) is 0 Å². The van der Waals surface area contributed by atoms with Crippen molar-refractivity contribution < 1.29 is 18.7 Å². The maximum absolute atomic E-state index is 13.3. The third-order valence-corrected chi connectivity index (χ3v) is 5.50. The molecule has 2 saturated heterocycles. The molecule has 1 aromatic rings. The van der Waals surface area contributed by atoms with Gasteiger partial charge in [0, 0.05) is 36.7 Å². The summed E-state index contributed by atoms with van der Waals surface area (Å²) in [5, 5.41) is 7.49. The van der Waals surface area contributed by atoms with E-state index in [1.54, 1.807) is 23.2 Å². The highest BCUT2D eigenvalue weighted by atomic mass is 35.5. The van der Waals surface area contributed by atoms with Gasteiger partial charge in [-0.05, 0) is 30.9 Å². The summed E-state index contributed by atoms with van der Waals surface area (Å²) in [4.78, 5) is 25.6. The van der Waals surface area contributed by atoms with Gasteiger partial charge in [0.2, 0.25) is 5.91 Å². The van der Waals surface area contributed by atoms with E-state index in [9.17, 15) is 14.0 Å². The second-order valence-electron chi connectivity index (χ2n) is 7.08. The monoisotopic (exact) mass is 394 g/mol. The van der Waals surface area contributed by atoms with E-state index < -0.39 is 6.17 Å². The van der Waals surface area contributed by atoms with E-state index in [2.05, 4.69) is 10.4 Å². The fourth-order valence-corrected chi connectivity index (χ4v) is 4.08. The van der Waals surface area contributed by atoms with Crippen LogP contribution in [0.3, 0.4) is 0 Å². The average Bonchev–Trinajstić information content (AvgIpc) is 3.22. The Morgan fingerprint density at radius 1 is 1.48 bits per heavy atom. The lowest BCUT2D eigenvalue weighted by molar-refractivity contribution is -0.117. The molecule has 9 heteroatoms. The molecule has 7 nitrogen and oxygen atoms in total. The number of piperidine rings is 1. The van der Waals surface area contributed by atoms with Crippen molar-refractivity contribution in [2.24, 2.45) is 5.92 Å². The van der Waals surface area contributed by atoms with Crippen LogP contribution in [0.25, 0.3) is 5.70 Å². The van der Waals surface area contributed by atoms with Gasteiger partial charge in [-0.25, -0.2) is 13.9 Å². The quantitative estimate of drug-likeness (QED) is 0.851. The van der Waals surface area contributed by atoms with Gasteiger partial charge in [0.25, 0.3) is 0 Å². The third kappa shape index (κ3) is 3.85. The number of carbonyl (C=O) groups excluding carboxylic acids is 2. The predicted molar refractivity (Wildman–Crippen MR) is 97.8 cm³/mol. The second kappa shape index (κ2) is 7.34. The molecule has 0 saturated carbocycles. The molecule has 3 atom stereocenters. The molecule has 1 unspecified atom stereocenters. The lowest BCUT2D eigenvalue weighted by Crippen LogP contribution is -2.41. The molecule has 0 bridgehead atoms. The van der Waals surface area contributed by atoms with Gasteiger partial charge >= 0.3 is 6.09 Å². The largest absolute Gasteiger partial charge is 0.447 e. The Morgan fingerprint density at radius 2 is 2.33 bits per heavy atom. The van der Waals surface area contributed by atoms with E-state index in [0.717, 1.165) is 12.8 Å². The van der Waals surface area contributed by atoms with Crippen LogP contribution in [0.5, 0.6) is 0 Å². The van der Waals surface area contributed by atoms with Crippen LogP contribution in [0, 0.1) is 5.92 Å². The molecular formula is C18H20ClFN4O3. The summed E-state index contributed by atoms with van der Waals surface area (Å²) >= 11 is 6.11. The fourth-order valence-electron chi connectivity index (χ4n) is 3.78. The highest BCUT2D eigenvalue weighted by molar-refractivity contribution is 6.32. The van der Waals surface area contributed by atoms with Crippen molar-refractivity contribution >= 4 is 35.1 Å². The minimum Gasteiger partial charge on any atom is -0.447 e. The lowest BCUT2D eigenvalue weighted by Gasteiger charge is -2.31. The zero-order chi connectivity index (χ0) is 19.0. The van der Waals surface area contributed by atoms with Crippen LogP contribution in [-0.4, -0.2) is 52.0 Å². The van der Waals surface area contributed by atoms with Crippen molar-refractivity contribution in [1.82, 2.24) is 14.7 Å². The maximum atomic E-state index is 13.3. The van der Waals surface area contributed by atoms with Gasteiger partial charge in [0.05, 0.1) is 11.7 Å². The molecular weight excluding hydrogens is 375 g/mol. The molecule has 0 radical (unpaired) electrons. The van der Waals surface area contributed by atoms with Crippen molar-refractivity contribution in [3.63, 3.8) is 0 Å². The molecule has 4 rings (SSSR count). The number of halogens is 2. The minimum atomic E-state index is -1.08. The number of fused-ring (bicyclic) bond motifs is 1. The summed E-state index contributed by atoms with van der Waals surface area (Å²) in [5.74, 6) is 0.513. The molecule has 2 aliphatic heterocycles. The molecule has 2 amide bonds. The number of nitrogens with one attached hydrogen (secondary N) is 1. The summed E-state index contributed by atoms with van der Waals surface area (Å²) < 4.78 is 19.9. The van der Waals surface area contributed by atoms with Gasteiger partial charge in [-0.15, -0.1) is 0 Å². The van der Waals surface area contributed by atoms with Crippen LogP contribution in [0.15, 0.2) is 29.4 Å². The molecule has 1 aliphatic carbocycles. The molecule has 1 aromatic heterocycles. The number of aromatic nitrogens is 2. The Bertz CT molecular complexity index is 821. The fraction of sp³-hybridized carbons (Fsp3) is 0.500. The van der Waals surface area contributed by atoms with E-state index in [4.69, 9.17) is 16.3 Å². The number of nitrogens with zero attached hydrogens (tertiary/aromatic N) is 3. The summed E-state index contributed by atoms with van der Waals surface area (Å²) in [6.07, 6.45) is 5.42. The number of carbonyl (C=O) groups is 2. The van der Waals surface area contributed by atoms with Crippen LogP contribution in [0.2, 0.25) is 0 Å². The highest BCUT2D eigenvalue weighted by Gasteiger charge is 2.38. The Morgan fingerprint density at radius 3 is 3.15 bits per heavy atom. The first-order valence-electron chi connectivity index (χ1n) is 9.00. The molecule has 27 heavy (non-hydrogen) atoms. The van der Waals surface area contributed by atoms with Gasteiger partial charge in [-0.3, -0.25) is 4.79 Å². The zero-order valence-electron chi connectivity index (χ0n) is 14.6. The van der Waals surface area contributed by atoms with Crippen molar-refractivity contribution in [3.8, 4) is 0 Å². The number of hydrogen-bond acceptors (Lipinski definition) is 4. The molecule has 0 aromatic carbocycles. The normalized spacial score (nSPS) is 27.6. The van der Waals surface area contributed by atoms with Crippen molar-refractivity contribution in [2.75, 3.05) is 18.5 Å². The predicted octanol–water partition coefficient (Wildman–Crippen LogP) is 3.15. The van der Waals surface area contributed by atoms with Crippen LogP contribution in [-0.2, 0) is 9.53 Å². The van der Waals surface area contributed by atoms with Gasteiger partial charge in [0.15, 0.2) is 5.82 Å². The third-order valence-electron chi connectivity index (χ3n) is 5.15. The molecule has 144 valence electrons. The first kappa shape index (κ1) is 18.0. The topological polar surface area (TPSA) is 76.5 Å². The molecule has 2 fully saturated rings. The summed E-state index contributed by atoms with van der Waals surface area (Å²) in [7, 11) is 0. The Balaban J connectivity index is 1.33. The number of hydrogen-bond donors (Lipinski definition) is 1. The van der Waals surface area contributed by atoms with Crippen LogP contribution in [0.4, 0.5) is 15.0 Å². The summed E-state index contributed by atoms with van der Waals surface area (Å²) in [6, 6.07) is 1.76. The number of allylic oxidation sites excluding steroid dienone is 4. The zero-order valence-corrected chi connectivity index (χ0v) is 15.4. The van der Waals surface area contributed by atoms with E-state index >= 15 is 0 Å². The van der Waals surface area contributed by atoms with E-state index in [1.807, 2.05) is 0 Å². The van der Waals surface area contributed by atoms with Crippen molar-refractivity contribution in [2.45, 2.75) is 37.9 Å². The maximum Gasteiger partial charge on any atom is 0.410 e. The second-order valence-corrected chi connectivity index (χ2v) is 7.54. The average molecular weight is 395 g/mol. The van der Waals surface area contributed by atoms with Crippen LogP contribution < -0.4 is 5.32 Å². The Kier molecular flexibility index (Phi) is 4.90. The molecule has 3 heterocycles. The SMILES string of the molecule is O=C(C[C@H]1CCN2C(=O)OC[C@H]2C1)Nc1ccn(C2=C(Cl)CC(F)C=C2)n1. The number of amides is 2. The molecule has 3 aliphatic rings. The number of cyclic esters (lactones) is 1. The Labute approximate surface area is 160 Å². The van der Waals surface area contributed by atoms with Gasteiger partial charge in [0.1, 0.15) is 12.8 Å². The standard InChI is InChI=1S/C18H20ClFN4O3/c19-14-9-12(20)1-2-15(14)24-6-4-16(22-24)21-17(25)8-11-3-5-23-13(7-11)10-27-18(23)26/h1-2,4,6,11-13H,3,5,7-10H2,(H,21,22,25)/t11-,12?,13+/m0/s1. The highest BCUT2D eigenvalue weighted by Crippen LogP contribution is 2.30. The van der Waals surface area contributed by atoms with Gasteiger partial charge in [-0.2, -0.15) is 5.10 Å². The summed E-state index contributed by atoms with van der Waals surface area (Å²) in [5.41, 5.74) is 0.601. The number of rotatable bonds is 4. The minimum absolute atomic E-state index is 0.0785. The van der Waals surface area contributed by atoms with Crippen LogP contribution in [0.1, 0.15) is 25.7 Å². The summed E-state index contributed by atoms with van der Waals surface area (Å²) in [6.45, 7) is 1.04. The number of ether oxygens (including phenoxy) is 1. The Hall–Kier alpha value is -2.35. The molecule has 0 spiro atoms.